The molecule has 3 rings (SSSR count). The van der Waals surface area contributed by atoms with Crippen LogP contribution in [0.25, 0.3) is 11.4 Å². The number of hydrogen-bond acceptors (Lipinski definition) is 3. The van der Waals surface area contributed by atoms with E-state index in [4.69, 9.17) is 16.6 Å². The Morgan fingerprint density at radius 3 is 2.57 bits per heavy atom. The molecule has 0 saturated heterocycles. The summed E-state index contributed by atoms with van der Waals surface area (Å²) in [6.45, 7) is 6.45. The minimum Gasteiger partial charge on any atom is -0.275 e. The Morgan fingerprint density at radius 1 is 1.14 bits per heavy atom. The molecule has 0 bridgehead atoms. The summed E-state index contributed by atoms with van der Waals surface area (Å²) in [4.78, 5) is 9.33. The third-order valence-corrected chi connectivity index (χ3v) is 4.23. The van der Waals surface area contributed by atoms with E-state index in [-0.39, 0.29) is 5.41 Å². The summed E-state index contributed by atoms with van der Waals surface area (Å²) >= 11 is 6.39. The molecule has 0 amide bonds. The Hall–Kier alpha value is -1.42. The van der Waals surface area contributed by atoms with E-state index in [9.17, 15) is 0 Å². The fourth-order valence-electron chi connectivity index (χ4n) is 2.87. The van der Waals surface area contributed by atoms with E-state index >= 15 is 0 Å². The monoisotopic (exact) mass is 304 g/mol. The van der Waals surface area contributed by atoms with Gasteiger partial charge in [-0.2, -0.15) is 5.10 Å². The summed E-state index contributed by atoms with van der Waals surface area (Å²) in [6, 6.07) is 0. The van der Waals surface area contributed by atoms with E-state index in [0.717, 1.165) is 35.4 Å². The molecule has 4 nitrogen and oxygen atoms in total. The SMILES string of the molecule is Cn1cc(-c2nc(Cl)c3c(n2)CCCC3)c(C(C)(C)C)n1. The van der Waals surface area contributed by atoms with Crippen LogP contribution in [0.3, 0.4) is 0 Å². The van der Waals surface area contributed by atoms with Gasteiger partial charge in [0.1, 0.15) is 5.15 Å². The first-order valence-corrected chi connectivity index (χ1v) is 7.84. The van der Waals surface area contributed by atoms with Crippen LogP contribution in [0.2, 0.25) is 5.15 Å². The molecule has 21 heavy (non-hydrogen) atoms. The van der Waals surface area contributed by atoms with Crippen LogP contribution >= 0.6 is 11.6 Å². The molecule has 0 atom stereocenters. The number of aromatic nitrogens is 4. The van der Waals surface area contributed by atoms with Crippen molar-refractivity contribution >= 4 is 11.6 Å². The molecule has 0 aromatic carbocycles. The highest BCUT2D eigenvalue weighted by Gasteiger charge is 2.26. The molecule has 0 spiro atoms. The van der Waals surface area contributed by atoms with Crippen LogP contribution < -0.4 is 0 Å². The highest BCUT2D eigenvalue weighted by Crippen LogP contribution is 2.33. The fraction of sp³-hybridized carbons (Fsp3) is 0.562. The number of hydrogen-bond donors (Lipinski definition) is 0. The summed E-state index contributed by atoms with van der Waals surface area (Å²) in [5.41, 5.74) is 4.19. The maximum atomic E-state index is 6.39. The highest BCUT2D eigenvalue weighted by molar-refractivity contribution is 6.30. The molecule has 1 aliphatic rings. The molecule has 0 saturated carbocycles. The lowest BCUT2D eigenvalue weighted by atomic mass is 9.89. The van der Waals surface area contributed by atoms with Gasteiger partial charge in [-0.1, -0.05) is 32.4 Å². The van der Waals surface area contributed by atoms with Crippen molar-refractivity contribution in [2.45, 2.75) is 51.9 Å². The van der Waals surface area contributed by atoms with Gasteiger partial charge >= 0.3 is 0 Å². The zero-order valence-electron chi connectivity index (χ0n) is 13.1. The minimum absolute atomic E-state index is 0.0532. The van der Waals surface area contributed by atoms with E-state index in [1.807, 2.05) is 17.9 Å². The van der Waals surface area contributed by atoms with Crippen molar-refractivity contribution in [3.8, 4) is 11.4 Å². The average molecular weight is 305 g/mol. The first-order chi connectivity index (χ1) is 9.86. The summed E-state index contributed by atoms with van der Waals surface area (Å²) in [5.74, 6) is 0.707. The number of aryl methyl sites for hydroxylation is 2. The van der Waals surface area contributed by atoms with E-state index in [2.05, 4.69) is 30.9 Å². The Kier molecular flexibility index (Phi) is 3.52. The topological polar surface area (TPSA) is 43.6 Å². The van der Waals surface area contributed by atoms with Crippen molar-refractivity contribution in [1.82, 2.24) is 19.7 Å². The number of nitrogens with zero attached hydrogens (tertiary/aromatic N) is 4. The molecule has 5 heteroatoms. The van der Waals surface area contributed by atoms with Crippen LogP contribution in [0.1, 0.15) is 50.6 Å². The van der Waals surface area contributed by atoms with Gasteiger partial charge in [-0.25, -0.2) is 9.97 Å². The second kappa shape index (κ2) is 5.09. The number of halogens is 1. The van der Waals surface area contributed by atoms with E-state index in [0.29, 0.717) is 11.0 Å². The molecule has 0 radical (unpaired) electrons. The standard InChI is InChI=1S/C16H21ClN4/c1-16(2,3)13-11(9-21(4)20-13)15-18-12-8-6-5-7-10(12)14(17)19-15/h9H,5-8H2,1-4H3. The second-order valence-corrected chi connectivity index (χ2v) is 7.14. The first kappa shape index (κ1) is 14.5. The van der Waals surface area contributed by atoms with Gasteiger partial charge in [0.25, 0.3) is 0 Å². The smallest absolute Gasteiger partial charge is 0.164 e. The molecule has 1 aliphatic carbocycles. The van der Waals surface area contributed by atoms with Gasteiger partial charge in [0.15, 0.2) is 5.82 Å². The van der Waals surface area contributed by atoms with E-state index in [1.165, 1.54) is 12.8 Å². The molecular formula is C16H21ClN4. The van der Waals surface area contributed by atoms with Gasteiger partial charge in [0, 0.05) is 29.9 Å². The molecule has 0 aliphatic heterocycles. The van der Waals surface area contributed by atoms with Crippen LogP contribution in [-0.4, -0.2) is 19.7 Å². The van der Waals surface area contributed by atoms with Crippen LogP contribution in [0.15, 0.2) is 6.20 Å². The van der Waals surface area contributed by atoms with Gasteiger partial charge in [0.2, 0.25) is 0 Å². The van der Waals surface area contributed by atoms with E-state index in [1.54, 1.807) is 0 Å². The van der Waals surface area contributed by atoms with Crippen LogP contribution in [0, 0.1) is 0 Å². The number of fused-ring (bicyclic) bond motifs is 1. The molecule has 2 aromatic heterocycles. The quantitative estimate of drug-likeness (QED) is 0.754. The predicted molar refractivity (Wildman–Crippen MR) is 84.6 cm³/mol. The van der Waals surface area contributed by atoms with E-state index < -0.39 is 0 Å². The third kappa shape index (κ3) is 2.69. The van der Waals surface area contributed by atoms with Crippen LogP contribution in [0.4, 0.5) is 0 Å². The molecular weight excluding hydrogens is 284 g/mol. The average Bonchev–Trinajstić information content (AvgIpc) is 2.81. The van der Waals surface area contributed by atoms with Crippen LogP contribution in [0.5, 0.6) is 0 Å². The van der Waals surface area contributed by atoms with Crippen molar-refractivity contribution in [2.75, 3.05) is 0 Å². The first-order valence-electron chi connectivity index (χ1n) is 7.46. The van der Waals surface area contributed by atoms with Gasteiger partial charge in [-0.05, 0) is 25.7 Å². The molecule has 112 valence electrons. The Bertz CT molecular complexity index is 682. The Balaban J connectivity index is 2.15. The van der Waals surface area contributed by atoms with Gasteiger partial charge in [-0.15, -0.1) is 0 Å². The lowest BCUT2D eigenvalue weighted by Gasteiger charge is -2.19. The lowest BCUT2D eigenvalue weighted by Crippen LogP contribution is -2.15. The molecule has 0 N–H and O–H groups in total. The zero-order chi connectivity index (χ0) is 15.2. The normalized spacial score (nSPS) is 15.1. The lowest BCUT2D eigenvalue weighted by molar-refractivity contribution is 0.554. The predicted octanol–water partition coefficient (Wildman–Crippen LogP) is 3.71. The summed E-state index contributed by atoms with van der Waals surface area (Å²) in [6.07, 6.45) is 6.33. The molecule has 2 heterocycles. The van der Waals surface area contributed by atoms with Crippen molar-refractivity contribution in [1.29, 1.82) is 0 Å². The largest absolute Gasteiger partial charge is 0.275 e. The minimum atomic E-state index is -0.0532. The van der Waals surface area contributed by atoms with Gasteiger partial charge < -0.3 is 0 Å². The maximum Gasteiger partial charge on any atom is 0.164 e. The Labute approximate surface area is 130 Å². The maximum absolute atomic E-state index is 6.39. The fourth-order valence-corrected chi connectivity index (χ4v) is 3.16. The summed E-state index contributed by atoms with van der Waals surface area (Å²) < 4.78 is 1.83. The van der Waals surface area contributed by atoms with Crippen molar-refractivity contribution in [3.05, 3.63) is 28.3 Å². The van der Waals surface area contributed by atoms with Gasteiger partial charge in [-0.3, -0.25) is 4.68 Å². The number of rotatable bonds is 1. The van der Waals surface area contributed by atoms with Crippen molar-refractivity contribution < 1.29 is 0 Å². The van der Waals surface area contributed by atoms with Crippen molar-refractivity contribution in [3.63, 3.8) is 0 Å². The van der Waals surface area contributed by atoms with Crippen molar-refractivity contribution in [2.24, 2.45) is 7.05 Å². The summed E-state index contributed by atoms with van der Waals surface area (Å²) in [7, 11) is 1.93. The second-order valence-electron chi connectivity index (χ2n) is 6.79. The highest BCUT2D eigenvalue weighted by atomic mass is 35.5. The third-order valence-electron chi connectivity index (χ3n) is 3.91. The zero-order valence-corrected chi connectivity index (χ0v) is 13.8. The molecule has 2 aromatic rings. The molecule has 0 fully saturated rings. The van der Waals surface area contributed by atoms with Crippen LogP contribution in [-0.2, 0) is 25.3 Å². The van der Waals surface area contributed by atoms with Gasteiger partial charge in [0.05, 0.1) is 11.3 Å². The summed E-state index contributed by atoms with van der Waals surface area (Å²) in [5, 5.41) is 5.20. The Morgan fingerprint density at radius 2 is 1.86 bits per heavy atom. The molecule has 0 unspecified atom stereocenters.